The minimum atomic E-state index is -0.186. The number of aliphatic hydroxyl groups excluding tert-OH is 1. The molecule has 0 atom stereocenters. The van der Waals surface area contributed by atoms with Crippen molar-refractivity contribution in [1.82, 2.24) is 15.0 Å². The van der Waals surface area contributed by atoms with E-state index in [1.807, 2.05) is 6.92 Å². The van der Waals surface area contributed by atoms with E-state index in [4.69, 9.17) is 33.2 Å². The fourth-order valence-electron chi connectivity index (χ4n) is 5.06. The van der Waals surface area contributed by atoms with E-state index in [0.29, 0.717) is 32.4 Å². The lowest BCUT2D eigenvalue weighted by molar-refractivity contribution is 0.231. The number of aromatic nitrogens is 3. The lowest BCUT2D eigenvalue weighted by Gasteiger charge is -2.40. The first-order valence-corrected chi connectivity index (χ1v) is 11.3. The molecule has 3 heterocycles. The molecule has 7 heteroatoms. The minimum Gasteiger partial charge on any atom is -0.390 e. The molecule has 2 aliphatic rings. The fourth-order valence-corrected chi connectivity index (χ4v) is 5.41. The number of nitrogens with zero attached hydrogens (tertiary/aromatic N) is 4. The Hall–Kier alpha value is -2.21. The van der Waals surface area contributed by atoms with Crippen molar-refractivity contribution in [2.45, 2.75) is 39.2 Å². The first-order chi connectivity index (χ1) is 15.0. The summed E-state index contributed by atoms with van der Waals surface area (Å²) >= 11 is 12.5. The third-order valence-electron chi connectivity index (χ3n) is 6.74. The van der Waals surface area contributed by atoms with E-state index in [1.54, 1.807) is 6.20 Å². The van der Waals surface area contributed by atoms with E-state index in [9.17, 15) is 5.11 Å². The molecule has 0 bridgehead atoms. The van der Waals surface area contributed by atoms with Crippen molar-refractivity contribution in [3.8, 4) is 11.3 Å². The number of rotatable bonds is 3. The number of hydrogen-bond acceptors (Lipinski definition) is 5. The van der Waals surface area contributed by atoms with Gasteiger partial charge in [0.1, 0.15) is 5.69 Å². The normalized spacial score (nSPS) is 17.2. The maximum atomic E-state index is 10.1. The molecule has 1 aliphatic heterocycles. The summed E-state index contributed by atoms with van der Waals surface area (Å²) in [7, 11) is 0. The van der Waals surface area contributed by atoms with Gasteiger partial charge < -0.3 is 10.0 Å². The first kappa shape index (κ1) is 20.7. The van der Waals surface area contributed by atoms with Crippen LogP contribution in [0.2, 0.25) is 10.0 Å². The molecular formula is C24H24Cl2N4O. The average molecular weight is 455 g/mol. The SMILES string of the molecule is Cc1nc(N2CCC3(CC2)Cc2ccccc2C3)c(CO)nc1-c1cncc(Cl)c1Cl. The van der Waals surface area contributed by atoms with Crippen molar-refractivity contribution in [3.05, 3.63) is 69.2 Å². The van der Waals surface area contributed by atoms with Gasteiger partial charge in [0.25, 0.3) is 0 Å². The van der Waals surface area contributed by atoms with E-state index < -0.39 is 0 Å². The molecule has 5 nitrogen and oxygen atoms in total. The molecule has 3 aromatic rings. The zero-order chi connectivity index (χ0) is 21.6. The van der Waals surface area contributed by atoms with Crippen LogP contribution in [0.4, 0.5) is 5.82 Å². The van der Waals surface area contributed by atoms with Crippen LogP contribution in [0.15, 0.2) is 36.7 Å². The number of piperidine rings is 1. The van der Waals surface area contributed by atoms with Gasteiger partial charge in [-0.3, -0.25) is 4.98 Å². The van der Waals surface area contributed by atoms with Crippen LogP contribution in [0.25, 0.3) is 11.3 Å². The van der Waals surface area contributed by atoms with Crippen LogP contribution < -0.4 is 4.90 Å². The fraction of sp³-hybridized carbons (Fsp3) is 0.375. The smallest absolute Gasteiger partial charge is 0.153 e. The van der Waals surface area contributed by atoms with Gasteiger partial charge in [0.15, 0.2) is 5.82 Å². The van der Waals surface area contributed by atoms with Crippen molar-refractivity contribution in [3.63, 3.8) is 0 Å². The van der Waals surface area contributed by atoms with Gasteiger partial charge in [-0.15, -0.1) is 0 Å². The maximum Gasteiger partial charge on any atom is 0.153 e. The van der Waals surface area contributed by atoms with E-state index in [0.717, 1.165) is 50.3 Å². The molecule has 31 heavy (non-hydrogen) atoms. The van der Waals surface area contributed by atoms with Crippen LogP contribution in [0.3, 0.4) is 0 Å². The zero-order valence-electron chi connectivity index (χ0n) is 17.4. The van der Waals surface area contributed by atoms with Crippen LogP contribution in [0, 0.1) is 12.3 Å². The van der Waals surface area contributed by atoms with Gasteiger partial charge in [-0.05, 0) is 49.1 Å². The van der Waals surface area contributed by atoms with Crippen molar-refractivity contribution in [2.75, 3.05) is 18.0 Å². The van der Waals surface area contributed by atoms with Gasteiger partial charge >= 0.3 is 0 Å². The van der Waals surface area contributed by atoms with Gasteiger partial charge in [0.2, 0.25) is 0 Å². The van der Waals surface area contributed by atoms with E-state index in [-0.39, 0.29) is 6.61 Å². The average Bonchev–Trinajstić information content (AvgIpc) is 3.14. The number of aryl methyl sites for hydroxylation is 1. The maximum absolute atomic E-state index is 10.1. The van der Waals surface area contributed by atoms with Crippen molar-refractivity contribution in [2.24, 2.45) is 5.41 Å². The van der Waals surface area contributed by atoms with Gasteiger partial charge in [0, 0.05) is 31.0 Å². The predicted molar refractivity (Wildman–Crippen MR) is 124 cm³/mol. The number of hydrogen-bond donors (Lipinski definition) is 1. The van der Waals surface area contributed by atoms with Gasteiger partial charge in [-0.1, -0.05) is 47.5 Å². The van der Waals surface area contributed by atoms with Crippen LogP contribution >= 0.6 is 23.2 Å². The second kappa shape index (κ2) is 8.05. The Balaban J connectivity index is 1.40. The van der Waals surface area contributed by atoms with Crippen LogP contribution in [-0.2, 0) is 19.4 Å². The largest absolute Gasteiger partial charge is 0.390 e. The van der Waals surface area contributed by atoms with E-state index >= 15 is 0 Å². The summed E-state index contributed by atoms with van der Waals surface area (Å²) < 4.78 is 0. The highest BCUT2D eigenvalue weighted by atomic mass is 35.5. The Kier molecular flexibility index (Phi) is 5.37. The topological polar surface area (TPSA) is 62.1 Å². The number of pyridine rings is 1. The Morgan fingerprint density at radius 3 is 2.35 bits per heavy atom. The predicted octanol–water partition coefficient (Wildman–Crippen LogP) is 5.03. The summed E-state index contributed by atoms with van der Waals surface area (Å²) in [5.41, 5.74) is 5.88. The van der Waals surface area contributed by atoms with Gasteiger partial charge in [-0.25, -0.2) is 9.97 Å². The van der Waals surface area contributed by atoms with E-state index in [1.165, 1.54) is 17.3 Å². The molecule has 1 aromatic carbocycles. The molecule has 0 unspecified atom stereocenters. The van der Waals surface area contributed by atoms with Gasteiger partial charge in [0.05, 0.1) is 28.0 Å². The monoisotopic (exact) mass is 454 g/mol. The Bertz CT molecular complexity index is 1120. The van der Waals surface area contributed by atoms with Crippen molar-refractivity contribution >= 4 is 29.0 Å². The van der Waals surface area contributed by atoms with E-state index in [2.05, 4.69) is 34.1 Å². The molecule has 1 aliphatic carbocycles. The molecular weight excluding hydrogens is 431 g/mol. The summed E-state index contributed by atoms with van der Waals surface area (Å²) in [6, 6.07) is 8.82. The summed E-state index contributed by atoms with van der Waals surface area (Å²) in [5, 5.41) is 10.8. The van der Waals surface area contributed by atoms with Gasteiger partial charge in [-0.2, -0.15) is 0 Å². The summed E-state index contributed by atoms with van der Waals surface area (Å²) in [6.45, 7) is 3.54. The van der Waals surface area contributed by atoms with Crippen molar-refractivity contribution in [1.29, 1.82) is 0 Å². The number of aliphatic hydroxyl groups is 1. The number of fused-ring (bicyclic) bond motifs is 1. The van der Waals surface area contributed by atoms with Crippen LogP contribution in [0.5, 0.6) is 0 Å². The second-order valence-corrected chi connectivity index (χ2v) is 9.46. The third-order valence-corrected chi connectivity index (χ3v) is 7.53. The standard InChI is InChI=1S/C24H24Cl2N4O/c1-15-22(18-12-27-13-19(25)21(18)26)29-20(14-31)23(28-15)30-8-6-24(7-9-30)10-16-4-2-3-5-17(16)11-24/h2-5,12-13,31H,6-11,14H2,1H3. The lowest BCUT2D eigenvalue weighted by atomic mass is 9.76. The highest BCUT2D eigenvalue weighted by Crippen LogP contribution is 2.45. The number of anilines is 1. The summed E-state index contributed by atoms with van der Waals surface area (Å²) in [5.74, 6) is 0.764. The summed E-state index contributed by atoms with van der Waals surface area (Å²) in [4.78, 5) is 16.0. The Labute approximate surface area is 192 Å². The highest BCUT2D eigenvalue weighted by molar-refractivity contribution is 6.43. The van der Waals surface area contributed by atoms with Crippen LogP contribution in [0.1, 0.15) is 35.4 Å². The number of benzene rings is 1. The zero-order valence-corrected chi connectivity index (χ0v) is 18.9. The molecule has 0 saturated carbocycles. The second-order valence-electron chi connectivity index (χ2n) is 8.68. The molecule has 160 valence electrons. The molecule has 0 amide bonds. The molecule has 0 radical (unpaired) electrons. The quantitative estimate of drug-likeness (QED) is 0.600. The van der Waals surface area contributed by atoms with Crippen LogP contribution in [-0.4, -0.2) is 33.1 Å². The molecule has 1 fully saturated rings. The molecule has 5 rings (SSSR count). The Morgan fingerprint density at radius 2 is 1.71 bits per heavy atom. The highest BCUT2D eigenvalue weighted by Gasteiger charge is 2.40. The summed E-state index contributed by atoms with van der Waals surface area (Å²) in [6.07, 6.45) is 7.68. The Morgan fingerprint density at radius 1 is 1.03 bits per heavy atom. The van der Waals surface area contributed by atoms with Crippen molar-refractivity contribution < 1.29 is 5.11 Å². The molecule has 1 spiro atoms. The minimum absolute atomic E-state index is 0.186. The lowest BCUT2D eigenvalue weighted by Crippen LogP contribution is -2.41. The molecule has 1 N–H and O–H groups in total. The molecule has 2 aromatic heterocycles. The third kappa shape index (κ3) is 3.69. The number of halogens is 2. The molecule has 1 saturated heterocycles. The first-order valence-electron chi connectivity index (χ1n) is 10.6.